The van der Waals surface area contributed by atoms with E-state index >= 15 is 0 Å². The van der Waals surface area contributed by atoms with Crippen molar-refractivity contribution in [2.75, 3.05) is 5.32 Å². The number of nitrogens with one attached hydrogen (secondary N) is 1. The lowest BCUT2D eigenvalue weighted by Gasteiger charge is -2.35. The molecule has 0 bridgehead atoms. The predicted molar refractivity (Wildman–Crippen MR) is 105 cm³/mol. The van der Waals surface area contributed by atoms with Crippen molar-refractivity contribution in [3.8, 4) is 11.3 Å². The summed E-state index contributed by atoms with van der Waals surface area (Å²) in [6.07, 6.45) is 6.28. The first-order chi connectivity index (χ1) is 14.5. The molecule has 1 aromatic carbocycles. The van der Waals surface area contributed by atoms with Crippen LogP contribution < -0.4 is 10.0 Å². The maximum atomic E-state index is 12.7. The number of oxazole rings is 1. The highest BCUT2D eigenvalue weighted by Gasteiger charge is 2.49. The van der Waals surface area contributed by atoms with E-state index in [0.29, 0.717) is 41.7 Å². The van der Waals surface area contributed by atoms with Gasteiger partial charge in [0.2, 0.25) is 5.91 Å². The third-order valence-corrected chi connectivity index (χ3v) is 5.90. The summed E-state index contributed by atoms with van der Waals surface area (Å²) in [7, 11) is 0. The molecule has 3 heterocycles. The average molecular weight is 405 g/mol. The van der Waals surface area contributed by atoms with Crippen LogP contribution in [-0.2, 0) is 15.1 Å². The highest BCUT2D eigenvalue weighted by molar-refractivity contribution is 5.94. The zero-order valence-electron chi connectivity index (χ0n) is 16.0. The molecule has 30 heavy (non-hydrogen) atoms. The second kappa shape index (κ2) is 6.98. The van der Waals surface area contributed by atoms with Crippen molar-refractivity contribution < 1.29 is 23.5 Å². The maximum absolute atomic E-state index is 12.7. The van der Waals surface area contributed by atoms with E-state index in [1.165, 1.54) is 18.7 Å². The van der Waals surface area contributed by atoms with Gasteiger partial charge in [0.05, 0.1) is 0 Å². The van der Waals surface area contributed by atoms with Crippen molar-refractivity contribution in [2.45, 2.75) is 31.3 Å². The van der Waals surface area contributed by atoms with Gasteiger partial charge in [0.15, 0.2) is 12.4 Å². The minimum atomic E-state index is -0.749. The molecule has 1 aliphatic heterocycles. The number of benzene rings is 1. The van der Waals surface area contributed by atoms with Gasteiger partial charge >= 0.3 is 12.0 Å². The fourth-order valence-corrected chi connectivity index (χ4v) is 4.32. The summed E-state index contributed by atoms with van der Waals surface area (Å²) < 4.78 is 11.7. The molecular formula is C22H19N3O5. The number of amides is 1. The SMILES string of the molecule is O=C1O[C@]2(CC[C@H](C(=O)Nc3nc(-c4ccccc4)co3)CC2)c2cc[n+]([O-])cc21. The second-order valence-corrected chi connectivity index (χ2v) is 7.68. The molecule has 0 unspecified atom stereocenters. The van der Waals surface area contributed by atoms with Crippen LogP contribution in [0.5, 0.6) is 0 Å². The molecule has 3 aromatic rings. The molecule has 1 fully saturated rings. The quantitative estimate of drug-likeness (QED) is 0.407. The van der Waals surface area contributed by atoms with Crippen LogP contribution in [0.25, 0.3) is 11.3 Å². The number of ether oxygens (including phenoxy) is 1. The first-order valence-corrected chi connectivity index (χ1v) is 9.82. The highest BCUT2D eigenvalue weighted by atomic mass is 16.6. The predicted octanol–water partition coefficient (Wildman–Crippen LogP) is 3.17. The Morgan fingerprint density at radius 1 is 1.20 bits per heavy atom. The minimum Gasteiger partial charge on any atom is -0.619 e. The van der Waals surface area contributed by atoms with Gasteiger partial charge < -0.3 is 14.4 Å². The number of hydrogen-bond donors (Lipinski definition) is 1. The standard InChI is InChI=1S/C22H19N3O5/c26-19(24-21-23-18(13-29-21)14-4-2-1-3-5-14)15-6-9-22(10-7-15)17-8-11-25(28)12-16(17)20(27)30-22/h1-5,8,11-13,15H,6-7,9-10H2,(H,23,24,26)/t15-,22-. The molecule has 0 saturated heterocycles. The Morgan fingerprint density at radius 2 is 1.97 bits per heavy atom. The fraction of sp³-hybridized carbons (Fsp3) is 0.273. The van der Waals surface area contributed by atoms with Gasteiger partial charge in [0.25, 0.3) is 0 Å². The number of nitrogens with zero attached hydrogens (tertiary/aromatic N) is 2. The number of carbonyl (C=O) groups is 2. The van der Waals surface area contributed by atoms with Gasteiger partial charge in [-0.1, -0.05) is 30.3 Å². The largest absolute Gasteiger partial charge is 0.619 e. The molecule has 1 amide bonds. The van der Waals surface area contributed by atoms with Gasteiger partial charge in [-0.05, 0) is 25.7 Å². The molecule has 1 saturated carbocycles. The molecular weight excluding hydrogens is 386 g/mol. The first-order valence-electron chi connectivity index (χ1n) is 9.82. The molecule has 1 aliphatic carbocycles. The summed E-state index contributed by atoms with van der Waals surface area (Å²) in [5.74, 6) is -0.883. The summed E-state index contributed by atoms with van der Waals surface area (Å²) in [4.78, 5) is 29.2. The molecule has 2 aromatic heterocycles. The number of pyridine rings is 1. The highest BCUT2D eigenvalue weighted by Crippen LogP contribution is 2.47. The zero-order valence-corrected chi connectivity index (χ0v) is 16.0. The van der Waals surface area contributed by atoms with Gasteiger partial charge in [-0.3, -0.25) is 10.1 Å². The summed E-state index contributed by atoms with van der Waals surface area (Å²) in [6.45, 7) is 0. The van der Waals surface area contributed by atoms with Crippen molar-refractivity contribution in [3.63, 3.8) is 0 Å². The van der Waals surface area contributed by atoms with Crippen LogP contribution in [0.15, 0.2) is 59.5 Å². The fourth-order valence-electron chi connectivity index (χ4n) is 4.32. The van der Waals surface area contributed by atoms with E-state index < -0.39 is 11.6 Å². The van der Waals surface area contributed by atoms with Crippen molar-refractivity contribution in [1.82, 2.24) is 4.98 Å². The van der Waals surface area contributed by atoms with Gasteiger partial charge in [0.1, 0.15) is 23.1 Å². The lowest BCUT2D eigenvalue weighted by Crippen LogP contribution is -2.36. The molecule has 8 nitrogen and oxygen atoms in total. The Balaban J connectivity index is 1.25. The van der Waals surface area contributed by atoms with Crippen molar-refractivity contribution in [3.05, 3.63) is 71.4 Å². The van der Waals surface area contributed by atoms with E-state index in [1.807, 2.05) is 30.3 Å². The van der Waals surface area contributed by atoms with Gasteiger partial charge in [-0.2, -0.15) is 9.71 Å². The Bertz CT molecular complexity index is 1120. The van der Waals surface area contributed by atoms with Crippen LogP contribution in [-0.4, -0.2) is 16.9 Å². The van der Waals surface area contributed by atoms with Crippen molar-refractivity contribution >= 4 is 17.9 Å². The van der Waals surface area contributed by atoms with Crippen LogP contribution in [0, 0.1) is 11.1 Å². The topological polar surface area (TPSA) is 108 Å². The lowest BCUT2D eigenvalue weighted by molar-refractivity contribution is -0.605. The Morgan fingerprint density at radius 3 is 2.73 bits per heavy atom. The molecule has 152 valence electrons. The molecule has 0 radical (unpaired) electrons. The smallest absolute Gasteiger partial charge is 0.345 e. The third kappa shape index (κ3) is 3.10. The van der Waals surface area contributed by atoms with Gasteiger partial charge in [-0.15, -0.1) is 0 Å². The minimum absolute atomic E-state index is 0.164. The second-order valence-electron chi connectivity index (χ2n) is 7.68. The lowest BCUT2D eigenvalue weighted by atomic mass is 9.75. The van der Waals surface area contributed by atoms with Crippen LogP contribution in [0.1, 0.15) is 41.6 Å². The number of carbonyl (C=O) groups excluding carboxylic acids is 2. The van der Waals surface area contributed by atoms with E-state index in [4.69, 9.17) is 9.15 Å². The Hall–Kier alpha value is -3.68. The Kier molecular flexibility index (Phi) is 4.27. The number of aromatic nitrogens is 2. The van der Waals surface area contributed by atoms with E-state index in [2.05, 4.69) is 10.3 Å². The number of anilines is 1. The average Bonchev–Trinajstić information content (AvgIpc) is 3.32. The molecule has 5 rings (SSSR count). The summed E-state index contributed by atoms with van der Waals surface area (Å²) in [6, 6.07) is 11.4. The number of esters is 1. The first kappa shape index (κ1) is 18.4. The normalized spacial score (nSPS) is 22.5. The van der Waals surface area contributed by atoms with E-state index in [1.54, 1.807) is 6.07 Å². The number of rotatable bonds is 3. The van der Waals surface area contributed by atoms with Crippen LogP contribution in [0.3, 0.4) is 0 Å². The molecule has 2 aliphatic rings. The van der Waals surface area contributed by atoms with Crippen LogP contribution in [0.2, 0.25) is 0 Å². The zero-order chi connectivity index (χ0) is 20.7. The Labute approximate surface area is 172 Å². The maximum Gasteiger partial charge on any atom is 0.345 e. The third-order valence-electron chi connectivity index (χ3n) is 5.90. The number of hydrogen-bond acceptors (Lipinski definition) is 6. The number of fused-ring (bicyclic) bond motifs is 2. The van der Waals surface area contributed by atoms with Gasteiger partial charge in [0, 0.05) is 23.1 Å². The molecule has 1 N–H and O–H groups in total. The van der Waals surface area contributed by atoms with Crippen molar-refractivity contribution in [1.29, 1.82) is 0 Å². The summed E-state index contributed by atoms with van der Waals surface area (Å²) in [5, 5.41) is 14.2. The molecule has 1 spiro atoms. The van der Waals surface area contributed by atoms with E-state index in [-0.39, 0.29) is 17.8 Å². The summed E-state index contributed by atoms with van der Waals surface area (Å²) in [5.41, 5.74) is 1.85. The van der Waals surface area contributed by atoms with E-state index in [9.17, 15) is 14.8 Å². The van der Waals surface area contributed by atoms with Crippen LogP contribution >= 0.6 is 0 Å². The molecule has 0 atom stereocenters. The molecule has 8 heteroatoms. The van der Waals surface area contributed by atoms with E-state index in [0.717, 1.165) is 11.1 Å². The summed E-state index contributed by atoms with van der Waals surface area (Å²) >= 11 is 0. The van der Waals surface area contributed by atoms with Gasteiger partial charge in [-0.25, -0.2) is 4.79 Å². The van der Waals surface area contributed by atoms with Crippen molar-refractivity contribution in [2.24, 2.45) is 5.92 Å². The van der Waals surface area contributed by atoms with Crippen LogP contribution in [0.4, 0.5) is 6.01 Å². The monoisotopic (exact) mass is 405 g/mol.